The molecule has 0 saturated heterocycles. The van der Waals surface area contributed by atoms with E-state index < -0.39 is 15.0 Å². The van der Waals surface area contributed by atoms with Crippen molar-refractivity contribution in [3.63, 3.8) is 0 Å². The Kier molecular flexibility index (Phi) is 4.16. The van der Waals surface area contributed by atoms with Crippen LogP contribution in [0.1, 0.15) is 32.1 Å². The Morgan fingerprint density at radius 1 is 1.21 bits per heavy atom. The van der Waals surface area contributed by atoms with Gasteiger partial charge in [-0.15, -0.1) is 0 Å². The van der Waals surface area contributed by atoms with Crippen LogP contribution < -0.4 is 0 Å². The fourth-order valence-electron chi connectivity index (χ4n) is 2.15. The number of nitrogens with zero attached hydrogens (tertiary/aromatic N) is 1. The average Bonchev–Trinajstić information content (AvgIpc) is 2.39. The molecule has 0 unspecified atom stereocenters. The summed E-state index contributed by atoms with van der Waals surface area (Å²) in [6.45, 7) is 0. The third kappa shape index (κ3) is 3.51. The highest BCUT2D eigenvalue weighted by molar-refractivity contribution is 7.86. The predicted octanol–water partition coefficient (Wildman–Crippen LogP) is 2.63. The Labute approximate surface area is 111 Å². The van der Waals surface area contributed by atoms with E-state index in [-0.39, 0.29) is 16.7 Å². The smallest absolute Gasteiger partial charge is 0.263 e. The molecule has 0 N–H and O–H groups in total. The first-order valence-corrected chi connectivity index (χ1v) is 7.57. The standard InChI is InChI=1S/C12H15NO5S/c14-13(15)10-5-4-8-12(9-10)19(16,17)18-11-6-2-1-3-7-11/h4-5,8-9,11H,1-3,6-7H2. The molecule has 2 rings (SSSR count). The van der Waals surface area contributed by atoms with E-state index in [1.165, 1.54) is 18.2 Å². The maximum Gasteiger partial charge on any atom is 0.297 e. The van der Waals surface area contributed by atoms with Crippen molar-refractivity contribution in [1.29, 1.82) is 0 Å². The summed E-state index contributed by atoms with van der Waals surface area (Å²) in [4.78, 5) is 9.85. The minimum Gasteiger partial charge on any atom is -0.263 e. The molecule has 0 atom stereocenters. The van der Waals surface area contributed by atoms with E-state index in [9.17, 15) is 18.5 Å². The number of nitro groups is 1. The number of hydrogen-bond acceptors (Lipinski definition) is 5. The van der Waals surface area contributed by atoms with Crippen LogP contribution in [0.25, 0.3) is 0 Å². The van der Waals surface area contributed by atoms with Gasteiger partial charge in [0, 0.05) is 12.1 Å². The van der Waals surface area contributed by atoms with Crippen LogP contribution >= 0.6 is 0 Å². The number of hydrogen-bond donors (Lipinski definition) is 0. The molecular formula is C12H15NO5S. The van der Waals surface area contributed by atoms with Crippen molar-refractivity contribution < 1.29 is 17.5 Å². The van der Waals surface area contributed by atoms with E-state index in [0.717, 1.165) is 25.3 Å². The van der Waals surface area contributed by atoms with Gasteiger partial charge in [0.1, 0.15) is 4.90 Å². The van der Waals surface area contributed by atoms with Crippen LogP contribution in [0.2, 0.25) is 0 Å². The summed E-state index contributed by atoms with van der Waals surface area (Å²) in [6, 6.07) is 4.93. The van der Waals surface area contributed by atoms with Crippen LogP contribution in [0, 0.1) is 10.1 Å². The molecule has 0 aliphatic heterocycles. The Balaban J connectivity index is 2.18. The molecule has 7 heteroatoms. The van der Waals surface area contributed by atoms with Crippen molar-refractivity contribution in [3.05, 3.63) is 34.4 Å². The molecule has 6 nitrogen and oxygen atoms in total. The summed E-state index contributed by atoms with van der Waals surface area (Å²) in [7, 11) is -3.92. The average molecular weight is 285 g/mol. The Morgan fingerprint density at radius 2 is 1.89 bits per heavy atom. The molecule has 1 aromatic carbocycles. The van der Waals surface area contributed by atoms with Gasteiger partial charge in [0.2, 0.25) is 0 Å². The fourth-order valence-corrected chi connectivity index (χ4v) is 3.32. The van der Waals surface area contributed by atoms with Crippen molar-refractivity contribution >= 4 is 15.8 Å². The van der Waals surface area contributed by atoms with Crippen LogP contribution in [0.5, 0.6) is 0 Å². The van der Waals surface area contributed by atoms with Crippen LogP contribution in [-0.4, -0.2) is 19.4 Å². The third-order valence-corrected chi connectivity index (χ3v) is 4.49. The maximum absolute atomic E-state index is 12.0. The van der Waals surface area contributed by atoms with Crippen LogP contribution in [0.15, 0.2) is 29.2 Å². The summed E-state index contributed by atoms with van der Waals surface area (Å²) >= 11 is 0. The quantitative estimate of drug-likeness (QED) is 0.482. The highest BCUT2D eigenvalue weighted by atomic mass is 32.2. The van der Waals surface area contributed by atoms with Gasteiger partial charge < -0.3 is 0 Å². The van der Waals surface area contributed by atoms with Crippen LogP contribution in [-0.2, 0) is 14.3 Å². The second-order valence-corrected chi connectivity index (χ2v) is 6.14. The number of benzene rings is 1. The molecule has 1 aliphatic carbocycles. The first-order chi connectivity index (χ1) is 8.99. The number of nitro benzene ring substituents is 1. The topological polar surface area (TPSA) is 86.5 Å². The van der Waals surface area contributed by atoms with Gasteiger partial charge in [-0.25, -0.2) is 0 Å². The lowest BCUT2D eigenvalue weighted by atomic mass is 9.98. The van der Waals surface area contributed by atoms with Gasteiger partial charge in [-0.05, 0) is 18.9 Å². The summed E-state index contributed by atoms with van der Waals surface area (Å²) in [5.74, 6) is 0. The predicted molar refractivity (Wildman–Crippen MR) is 68.2 cm³/mol. The second kappa shape index (κ2) is 5.66. The van der Waals surface area contributed by atoms with E-state index >= 15 is 0 Å². The van der Waals surface area contributed by atoms with Gasteiger partial charge in [-0.3, -0.25) is 14.3 Å². The minimum atomic E-state index is -3.92. The summed E-state index contributed by atoms with van der Waals surface area (Å²) in [5.41, 5.74) is -0.256. The largest absolute Gasteiger partial charge is 0.297 e. The zero-order valence-electron chi connectivity index (χ0n) is 10.3. The van der Waals surface area contributed by atoms with Crippen molar-refractivity contribution in [3.8, 4) is 0 Å². The van der Waals surface area contributed by atoms with E-state index in [0.29, 0.717) is 12.8 Å². The summed E-state index contributed by atoms with van der Waals surface area (Å²) < 4.78 is 29.2. The van der Waals surface area contributed by atoms with E-state index in [2.05, 4.69) is 0 Å². The highest BCUT2D eigenvalue weighted by Crippen LogP contribution is 2.26. The summed E-state index contributed by atoms with van der Waals surface area (Å²) in [6.07, 6.45) is 4.13. The van der Waals surface area contributed by atoms with Gasteiger partial charge in [-0.2, -0.15) is 8.42 Å². The van der Waals surface area contributed by atoms with Gasteiger partial charge in [-0.1, -0.05) is 25.3 Å². The Hall–Kier alpha value is -1.47. The molecule has 1 aliphatic rings. The number of non-ortho nitro benzene ring substituents is 1. The van der Waals surface area contributed by atoms with Crippen LogP contribution in [0.4, 0.5) is 5.69 Å². The van der Waals surface area contributed by atoms with E-state index in [4.69, 9.17) is 4.18 Å². The minimum absolute atomic E-state index is 0.160. The molecule has 1 saturated carbocycles. The van der Waals surface area contributed by atoms with Crippen molar-refractivity contribution in [2.75, 3.05) is 0 Å². The van der Waals surface area contributed by atoms with E-state index in [1.54, 1.807) is 0 Å². The zero-order valence-corrected chi connectivity index (χ0v) is 11.1. The molecule has 0 amide bonds. The van der Waals surface area contributed by atoms with Gasteiger partial charge in [0.05, 0.1) is 11.0 Å². The summed E-state index contributed by atoms with van der Waals surface area (Å²) in [5, 5.41) is 10.6. The SMILES string of the molecule is O=[N+]([O-])c1cccc(S(=O)(=O)OC2CCCCC2)c1. The normalized spacial score (nSPS) is 17.3. The molecular weight excluding hydrogens is 270 g/mol. The molecule has 0 heterocycles. The molecule has 0 aromatic heterocycles. The first kappa shape index (κ1) is 14.0. The molecule has 0 radical (unpaired) electrons. The third-order valence-electron chi connectivity index (χ3n) is 3.13. The first-order valence-electron chi connectivity index (χ1n) is 6.17. The van der Waals surface area contributed by atoms with Crippen molar-refractivity contribution in [2.24, 2.45) is 0 Å². The van der Waals surface area contributed by atoms with Crippen molar-refractivity contribution in [2.45, 2.75) is 43.1 Å². The molecule has 19 heavy (non-hydrogen) atoms. The Bertz CT molecular complexity index is 563. The molecule has 1 fully saturated rings. The second-order valence-electron chi connectivity index (χ2n) is 4.56. The Morgan fingerprint density at radius 3 is 2.53 bits per heavy atom. The maximum atomic E-state index is 12.0. The van der Waals surface area contributed by atoms with Crippen LogP contribution in [0.3, 0.4) is 0 Å². The lowest BCUT2D eigenvalue weighted by Crippen LogP contribution is -2.21. The fraction of sp³-hybridized carbons (Fsp3) is 0.500. The molecule has 1 aromatic rings. The van der Waals surface area contributed by atoms with Gasteiger partial charge >= 0.3 is 0 Å². The lowest BCUT2D eigenvalue weighted by molar-refractivity contribution is -0.385. The van der Waals surface area contributed by atoms with Crippen molar-refractivity contribution in [1.82, 2.24) is 0 Å². The van der Waals surface area contributed by atoms with Gasteiger partial charge in [0.25, 0.3) is 15.8 Å². The molecule has 104 valence electrons. The van der Waals surface area contributed by atoms with E-state index in [1.807, 2.05) is 0 Å². The number of rotatable bonds is 4. The van der Waals surface area contributed by atoms with Gasteiger partial charge in [0.15, 0.2) is 0 Å². The highest BCUT2D eigenvalue weighted by Gasteiger charge is 2.24. The zero-order chi connectivity index (χ0) is 13.9. The molecule has 0 spiro atoms. The monoisotopic (exact) mass is 285 g/mol. The lowest BCUT2D eigenvalue weighted by Gasteiger charge is -2.21. The molecule has 0 bridgehead atoms.